The number of imidazole rings is 1. The first-order valence-electron chi connectivity index (χ1n) is 10.00. The van der Waals surface area contributed by atoms with Gasteiger partial charge >= 0.3 is 13.7 Å². The van der Waals surface area contributed by atoms with Crippen LogP contribution in [-0.2, 0) is 23.4 Å². The van der Waals surface area contributed by atoms with Gasteiger partial charge in [-0.2, -0.15) is 5.09 Å². The smallest absolute Gasteiger partial charge is 0.459 e. The molecule has 1 aromatic carbocycles. The van der Waals surface area contributed by atoms with Gasteiger partial charge in [0.2, 0.25) is 0 Å². The number of nitrogen functional groups attached to an aromatic ring is 1. The number of hydrogen-bond acceptors (Lipinski definition) is 10. The van der Waals surface area contributed by atoms with E-state index in [1.54, 1.807) is 53.4 Å². The van der Waals surface area contributed by atoms with Crippen LogP contribution in [0.15, 0.2) is 55.1 Å². The second kappa shape index (κ2) is 9.67. The number of carbonyl (C=O) groups excluding carboxylic acids is 1. The highest BCUT2D eigenvalue weighted by Gasteiger charge is 2.34. The van der Waals surface area contributed by atoms with Gasteiger partial charge in [-0.25, -0.2) is 19.5 Å². The molecule has 13 heteroatoms. The first-order valence-corrected chi connectivity index (χ1v) is 11.5. The van der Waals surface area contributed by atoms with E-state index in [9.17, 15) is 9.36 Å². The summed E-state index contributed by atoms with van der Waals surface area (Å²) in [6, 6.07) is 7.56. The third-order valence-corrected chi connectivity index (χ3v) is 6.39. The Labute approximate surface area is 189 Å². The van der Waals surface area contributed by atoms with Crippen LogP contribution < -0.4 is 15.3 Å². The molecule has 0 saturated carbocycles. The Hall–Kier alpha value is -3.31. The van der Waals surface area contributed by atoms with E-state index in [1.807, 2.05) is 0 Å². The number of nitrogens with one attached hydrogen (secondary N) is 1. The van der Waals surface area contributed by atoms with Crippen LogP contribution in [0.5, 0.6) is 5.75 Å². The Morgan fingerprint density at radius 3 is 2.82 bits per heavy atom. The van der Waals surface area contributed by atoms with Gasteiger partial charge in [0.05, 0.1) is 20.0 Å². The molecule has 0 bridgehead atoms. The summed E-state index contributed by atoms with van der Waals surface area (Å²) in [6.45, 7) is 1.39. The van der Waals surface area contributed by atoms with E-state index < -0.39 is 32.1 Å². The number of benzene rings is 1. The van der Waals surface area contributed by atoms with Gasteiger partial charge in [0, 0.05) is 0 Å². The summed E-state index contributed by atoms with van der Waals surface area (Å²) >= 11 is 0. The molecule has 3 aromatic rings. The Morgan fingerprint density at radius 1 is 1.27 bits per heavy atom. The van der Waals surface area contributed by atoms with Crippen LogP contribution in [0.2, 0.25) is 0 Å². The molecule has 33 heavy (non-hydrogen) atoms. The van der Waals surface area contributed by atoms with Crippen LogP contribution >= 0.6 is 7.75 Å². The maximum atomic E-state index is 13.4. The quantitative estimate of drug-likeness (QED) is 0.267. The second-order valence-corrected chi connectivity index (χ2v) is 8.80. The molecular formula is C20H23N6O6P. The van der Waals surface area contributed by atoms with E-state index in [4.69, 9.17) is 19.5 Å². The van der Waals surface area contributed by atoms with Gasteiger partial charge in [0.15, 0.2) is 17.7 Å². The predicted octanol–water partition coefficient (Wildman–Crippen LogP) is 2.22. The van der Waals surface area contributed by atoms with E-state index in [2.05, 4.69) is 24.8 Å². The van der Waals surface area contributed by atoms with Gasteiger partial charge in [0.25, 0.3) is 0 Å². The van der Waals surface area contributed by atoms with Crippen LogP contribution in [0, 0.1) is 0 Å². The number of aromatic nitrogens is 4. The van der Waals surface area contributed by atoms with Gasteiger partial charge in [-0.05, 0) is 25.1 Å². The van der Waals surface area contributed by atoms with Crippen molar-refractivity contribution in [1.82, 2.24) is 24.6 Å². The lowest BCUT2D eigenvalue weighted by atomic mass is 10.3. The molecule has 0 aliphatic carbocycles. The summed E-state index contributed by atoms with van der Waals surface area (Å²) in [6.07, 6.45) is 5.39. The number of ether oxygens (including phenoxy) is 2. The largest absolute Gasteiger partial charge is 0.468 e. The second-order valence-electron chi connectivity index (χ2n) is 7.10. The molecule has 1 aliphatic heterocycles. The molecule has 12 nitrogen and oxygen atoms in total. The van der Waals surface area contributed by atoms with Crippen molar-refractivity contribution in [2.24, 2.45) is 0 Å². The van der Waals surface area contributed by atoms with Gasteiger partial charge in [0.1, 0.15) is 29.7 Å². The lowest BCUT2D eigenvalue weighted by Gasteiger charge is -2.24. The lowest BCUT2D eigenvalue weighted by molar-refractivity contribution is -0.142. The molecule has 3 heterocycles. The Kier molecular flexibility index (Phi) is 6.70. The number of anilines is 1. The summed E-state index contributed by atoms with van der Waals surface area (Å²) in [5.74, 6) is -0.0282. The summed E-state index contributed by atoms with van der Waals surface area (Å²) in [5, 5.41) is 2.60. The molecule has 4 atom stereocenters. The molecule has 2 aromatic heterocycles. The minimum atomic E-state index is -3.96. The van der Waals surface area contributed by atoms with Crippen LogP contribution in [0.3, 0.4) is 0 Å². The Balaban J connectivity index is 1.44. The van der Waals surface area contributed by atoms with Crippen LogP contribution in [0.4, 0.5) is 5.82 Å². The summed E-state index contributed by atoms with van der Waals surface area (Å²) in [7, 11) is -2.73. The zero-order valence-corrected chi connectivity index (χ0v) is 18.8. The highest BCUT2D eigenvalue weighted by atomic mass is 31.2. The number of nitrogens with zero attached hydrogens (tertiary/aromatic N) is 4. The Morgan fingerprint density at radius 2 is 2.06 bits per heavy atom. The fourth-order valence-corrected chi connectivity index (χ4v) is 4.65. The van der Waals surface area contributed by atoms with Crippen LogP contribution in [0.1, 0.15) is 13.2 Å². The third-order valence-electron chi connectivity index (χ3n) is 4.75. The molecule has 0 fully saturated rings. The number of para-hydroxylation sites is 1. The summed E-state index contributed by atoms with van der Waals surface area (Å²) in [5.41, 5.74) is 6.82. The number of nitrogens with two attached hydrogens (primary N) is 1. The SMILES string of the molecule is COC(=O)[C@H](C)NP(=O)(OCC1C=C[C@H](n2cnc3c(N)ncnc32)O1)Oc1ccccc1. The molecular weight excluding hydrogens is 451 g/mol. The molecule has 4 rings (SSSR count). The van der Waals surface area contributed by atoms with Crippen molar-refractivity contribution in [2.75, 3.05) is 19.5 Å². The fourth-order valence-electron chi connectivity index (χ4n) is 3.15. The van der Waals surface area contributed by atoms with Crippen molar-refractivity contribution in [1.29, 1.82) is 0 Å². The van der Waals surface area contributed by atoms with E-state index in [-0.39, 0.29) is 12.4 Å². The van der Waals surface area contributed by atoms with Crippen molar-refractivity contribution >= 4 is 30.7 Å². The molecule has 2 unspecified atom stereocenters. The molecule has 3 N–H and O–H groups in total. The molecule has 0 saturated heterocycles. The van der Waals surface area contributed by atoms with Crippen LogP contribution in [0.25, 0.3) is 11.2 Å². The highest BCUT2D eigenvalue weighted by Crippen LogP contribution is 2.45. The van der Waals surface area contributed by atoms with Crippen molar-refractivity contribution in [3.05, 3.63) is 55.1 Å². The average Bonchev–Trinajstić information content (AvgIpc) is 3.45. The fraction of sp³-hybridized carbons (Fsp3) is 0.300. The van der Waals surface area contributed by atoms with Crippen molar-refractivity contribution in [3.8, 4) is 5.75 Å². The number of rotatable bonds is 9. The average molecular weight is 474 g/mol. The number of carbonyl (C=O) groups is 1. The van der Waals surface area contributed by atoms with E-state index in [0.29, 0.717) is 16.9 Å². The van der Waals surface area contributed by atoms with E-state index >= 15 is 0 Å². The molecule has 1 aliphatic rings. The van der Waals surface area contributed by atoms with Gasteiger partial charge < -0.3 is 19.7 Å². The molecule has 0 amide bonds. The third kappa shape index (κ3) is 5.20. The van der Waals surface area contributed by atoms with Crippen molar-refractivity contribution in [3.63, 3.8) is 0 Å². The normalized spacial score (nSPS) is 20.4. The number of hydrogen-bond donors (Lipinski definition) is 2. The Bertz CT molecular complexity index is 1200. The summed E-state index contributed by atoms with van der Waals surface area (Å²) in [4.78, 5) is 24.2. The number of fused-ring (bicyclic) bond motifs is 1. The zero-order chi connectivity index (χ0) is 23.4. The molecule has 174 valence electrons. The standard InChI is InChI=1S/C20H23N6O6P/c1-13(20(27)29-2)25-33(28,32-14-6-4-3-5-7-14)30-10-15-8-9-16(31-15)26-12-24-17-18(21)22-11-23-19(17)26/h3-9,11-13,15-16H,10H2,1-2H3,(H,25,28)(H2,21,22,23)/t13-,15?,16+,33?/m0/s1. The van der Waals surface area contributed by atoms with Crippen molar-refractivity contribution < 1.29 is 27.9 Å². The van der Waals surface area contributed by atoms with Crippen LogP contribution in [-0.4, -0.2) is 51.4 Å². The predicted molar refractivity (Wildman–Crippen MR) is 118 cm³/mol. The minimum absolute atomic E-state index is 0.109. The maximum Gasteiger partial charge on any atom is 0.459 e. The zero-order valence-electron chi connectivity index (χ0n) is 17.9. The molecule has 0 spiro atoms. The molecule has 0 radical (unpaired) electrons. The number of esters is 1. The first-order chi connectivity index (χ1) is 15.9. The van der Waals surface area contributed by atoms with E-state index in [0.717, 1.165) is 0 Å². The number of methoxy groups -OCH3 is 1. The minimum Gasteiger partial charge on any atom is -0.468 e. The van der Waals surface area contributed by atoms with Crippen molar-refractivity contribution in [2.45, 2.75) is 25.3 Å². The topological polar surface area (TPSA) is 153 Å². The van der Waals surface area contributed by atoms with Gasteiger partial charge in [-0.15, -0.1) is 0 Å². The van der Waals surface area contributed by atoms with Gasteiger partial charge in [-0.1, -0.05) is 24.3 Å². The maximum absolute atomic E-state index is 13.4. The lowest BCUT2D eigenvalue weighted by Crippen LogP contribution is -2.35. The monoisotopic (exact) mass is 474 g/mol. The highest BCUT2D eigenvalue weighted by molar-refractivity contribution is 7.52. The van der Waals surface area contributed by atoms with E-state index in [1.165, 1.54) is 20.4 Å². The first kappa shape index (κ1) is 22.9. The van der Waals surface area contributed by atoms with Gasteiger partial charge in [-0.3, -0.25) is 13.9 Å². The summed E-state index contributed by atoms with van der Waals surface area (Å²) < 4.78 is 37.0.